The van der Waals surface area contributed by atoms with Gasteiger partial charge in [0.25, 0.3) is 0 Å². The summed E-state index contributed by atoms with van der Waals surface area (Å²) in [6.07, 6.45) is -0.396. The third kappa shape index (κ3) is 4.35. The van der Waals surface area contributed by atoms with Gasteiger partial charge in [0.15, 0.2) is 0 Å². The quantitative estimate of drug-likeness (QED) is 0.886. The summed E-state index contributed by atoms with van der Waals surface area (Å²) < 4.78 is 11.2. The molecular formula is C20H25NO3. The summed E-state index contributed by atoms with van der Waals surface area (Å²) in [5.74, 6) is 0.867. The molecule has 1 fully saturated rings. The zero-order valence-electron chi connectivity index (χ0n) is 14.3. The molecule has 2 aromatic carbocycles. The summed E-state index contributed by atoms with van der Waals surface area (Å²) in [7, 11) is 2.02. The van der Waals surface area contributed by atoms with Gasteiger partial charge in [-0.2, -0.15) is 0 Å². The van der Waals surface area contributed by atoms with Crippen LogP contribution in [-0.2, 0) is 17.9 Å². The molecule has 1 heterocycles. The van der Waals surface area contributed by atoms with E-state index in [1.54, 1.807) is 0 Å². The lowest BCUT2D eigenvalue weighted by Crippen LogP contribution is -2.39. The Morgan fingerprint density at radius 3 is 2.33 bits per heavy atom. The van der Waals surface area contributed by atoms with Gasteiger partial charge in [-0.15, -0.1) is 0 Å². The first kappa shape index (κ1) is 17.0. The lowest BCUT2D eigenvalue weighted by atomic mass is 10.1. The molecule has 0 aliphatic carbocycles. The van der Waals surface area contributed by atoms with Gasteiger partial charge in [0.1, 0.15) is 12.4 Å². The topological polar surface area (TPSA) is 41.9 Å². The van der Waals surface area contributed by atoms with Crippen molar-refractivity contribution < 1.29 is 14.6 Å². The Morgan fingerprint density at radius 2 is 1.71 bits per heavy atom. The van der Waals surface area contributed by atoms with Crippen LogP contribution in [0, 0.1) is 6.92 Å². The van der Waals surface area contributed by atoms with Crippen molar-refractivity contribution in [2.45, 2.75) is 32.2 Å². The molecule has 0 spiro atoms. The minimum Gasteiger partial charge on any atom is -0.489 e. The highest BCUT2D eigenvalue weighted by atomic mass is 16.5. The highest BCUT2D eigenvalue weighted by Gasteiger charge is 2.29. The zero-order chi connectivity index (χ0) is 16.9. The van der Waals surface area contributed by atoms with E-state index in [4.69, 9.17) is 9.47 Å². The van der Waals surface area contributed by atoms with Crippen LogP contribution in [-0.4, -0.2) is 42.4 Å². The minimum absolute atomic E-state index is 0.0717. The predicted molar refractivity (Wildman–Crippen MR) is 94.0 cm³/mol. The van der Waals surface area contributed by atoms with E-state index in [2.05, 4.69) is 48.2 Å². The van der Waals surface area contributed by atoms with Crippen LogP contribution in [0.4, 0.5) is 0 Å². The van der Waals surface area contributed by atoms with Crippen LogP contribution in [0.2, 0.25) is 0 Å². The molecule has 128 valence electrons. The summed E-state index contributed by atoms with van der Waals surface area (Å²) >= 11 is 0. The first-order chi connectivity index (χ1) is 11.6. The fraction of sp³-hybridized carbons (Fsp3) is 0.400. The molecule has 2 aromatic rings. The van der Waals surface area contributed by atoms with Crippen LogP contribution in [0.5, 0.6) is 5.75 Å². The molecule has 4 heteroatoms. The smallest absolute Gasteiger partial charge is 0.119 e. The molecular weight excluding hydrogens is 302 g/mol. The maximum Gasteiger partial charge on any atom is 0.119 e. The van der Waals surface area contributed by atoms with Crippen molar-refractivity contribution in [1.82, 2.24) is 4.90 Å². The average Bonchev–Trinajstić information content (AvgIpc) is 3.02. The van der Waals surface area contributed by atoms with E-state index in [9.17, 15) is 5.11 Å². The van der Waals surface area contributed by atoms with E-state index in [-0.39, 0.29) is 6.04 Å². The molecule has 0 saturated carbocycles. The molecule has 0 unspecified atom stereocenters. The highest BCUT2D eigenvalue weighted by molar-refractivity contribution is 5.28. The summed E-state index contributed by atoms with van der Waals surface area (Å²) in [6, 6.07) is 16.6. The Kier molecular flexibility index (Phi) is 5.51. The van der Waals surface area contributed by atoms with Crippen molar-refractivity contribution in [2.75, 3.05) is 20.3 Å². The maximum atomic E-state index is 9.89. The summed E-state index contributed by atoms with van der Waals surface area (Å²) in [5.41, 5.74) is 3.61. The Bertz CT molecular complexity index is 639. The molecule has 0 bridgehead atoms. The molecule has 3 rings (SSSR count). The van der Waals surface area contributed by atoms with Gasteiger partial charge in [0, 0.05) is 6.54 Å². The summed E-state index contributed by atoms with van der Waals surface area (Å²) in [4.78, 5) is 2.14. The predicted octanol–water partition coefficient (Wildman–Crippen LogP) is 2.77. The second kappa shape index (κ2) is 7.79. The number of benzene rings is 2. The van der Waals surface area contributed by atoms with Crippen molar-refractivity contribution in [3.63, 3.8) is 0 Å². The van der Waals surface area contributed by atoms with Gasteiger partial charge in [0.05, 0.1) is 25.4 Å². The molecule has 1 aliphatic heterocycles. The number of hydrogen-bond acceptors (Lipinski definition) is 4. The van der Waals surface area contributed by atoms with Crippen LogP contribution < -0.4 is 4.74 Å². The Balaban J connectivity index is 1.52. The number of likely N-dealkylation sites (N-methyl/N-ethyl adjacent to an activating group) is 1. The van der Waals surface area contributed by atoms with Crippen molar-refractivity contribution in [1.29, 1.82) is 0 Å². The van der Waals surface area contributed by atoms with E-state index in [0.717, 1.165) is 12.3 Å². The van der Waals surface area contributed by atoms with Crippen molar-refractivity contribution in [3.05, 3.63) is 65.2 Å². The standard InChI is InChI=1S/C20H25NO3/c1-15-3-5-17(6-4-15)12-24-18-9-7-16(8-10-18)11-21(2)19-13-23-14-20(19)22/h3-10,19-20,22H,11-14H2,1-2H3/t19-,20-/m1/s1. The van der Waals surface area contributed by atoms with E-state index < -0.39 is 6.10 Å². The van der Waals surface area contributed by atoms with E-state index in [1.807, 2.05) is 19.2 Å². The monoisotopic (exact) mass is 327 g/mol. The molecule has 4 nitrogen and oxygen atoms in total. The lowest BCUT2D eigenvalue weighted by molar-refractivity contribution is 0.0925. The fourth-order valence-electron chi connectivity index (χ4n) is 2.90. The number of ether oxygens (including phenoxy) is 2. The molecule has 1 N–H and O–H groups in total. The molecule has 0 radical (unpaired) electrons. The van der Waals surface area contributed by atoms with Crippen LogP contribution in [0.25, 0.3) is 0 Å². The van der Waals surface area contributed by atoms with Gasteiger partial charge in [-0.25, -0.2) is 0 Å². The van der Waals surface area contributed by atoms with Crippen LogP contribution >= 0.6 is 0 Å². The van der Waals surface area contributed by atoms with E-state index >= 15 is 0 Å². The number of rotatable bonds is 6. The Morgan fingerprint density at radius 1 is 1.04 bits per heavy atom. The third-order valence-electron chi connectivity index (χ3n) is 4.47. The first-order valence-corrected chi connectivity index (χ1v) is 8.35. The minimum atomic E-state index is -0.396. The van der Waals surface area contributed by atoms with Gasteiger partial charge in [-0.05, 0) is 37.2 Å². The molecule has 2 atom stereocenters. The lowest BCUT2D eigenvalue weighted by Gasteiger charge is -2.25. The molecule has 0 aromatic heterocycles. The Hall–Kier alpha value is -1.88. The summed E-state index contributed by atoms with van der Waals surface area (Å²) in [6.45, 7) is 4.46. The number of aryl methyl sites for hydroxylation is 1. The number of hydrogen-bond donors (Lipinski definition) is 1. The average molecular weight is 327 g/mol. The second-order valence-corrected chi connectivity index (χ2v) is 6.51. The normalized spacial score (nSPS) is 20.5. The molecule has 24 heavy (non-hydrogen) atoms. The van der Waals surface area contributed by atoms with Crippen LogP contribution in [0.15, 0.2) is 48.5 Å². The van der Waals surface area contributed by atoms with Gasteiger partial charge in [0.2, 0.25) is 0 Å². The molecule has 0 amide bonds. The fourth-order valence-corrected chi connectivity index (χ4v) is 2.90. The SMILES string of the molecule is Cc1ccc(COc2ccc(CN(C)[C@@H]3COC[C@H]3O)cc2)cc1. The van der Waals surface area contributed by atoms with Crippen molar-refractivity contribution in [2.24, 2.45) is 0 Å². The number of aliphatic hydroxyl groups excluding tert-OH is 1. The van der Waals surface area contributed by atoms with Gasteiger partial charge >= 0.3 is 0 Å². The second-order valence-electron chi connectivity index (χ2n) is 6.51. The van der Waals surface area contributed by atoms with Gasteiger partial charge in [-0.3, -0.25) is 4.90 Å². The van der Waals surface area contributed by atoms with E-state index in [1.165, 1.54) is 16.7 Å². The molecule has 1 aliphatic rings. The van der Waals surface area contributed by atoms with Gasteiger partial charge in [-0.1, -0.05) is 42.0 Å². The van der Waals surface area contributed by atoms with Crippen LogP contribution in [0.1, 0.15) is 16.7 Å². The largest absolute Gasteiger partial charge is 0.489 e. The third-order valence-corrected chi connectivity index (χ3v) is 4.47. The van der Waals surface area contributed by atoms with E-state index in [0.29, 0.717) is 19.8 Å². The zero-order valence-corrected chi connectivity index (χ0v) is 14.3. The highest BCUT2D eigenvalue weighted by Crippen LogP contribution is 2.18. The van der Waals surface area contributed by atoms with Gasteiger partial charge < -0.3 is 14.6 Å². The summed E-state index contributed by atoms with van der Waals surface area (Å²) in [5, 5.41) is 9.89. The maximum absolute atomic E-state index is 9.89. The number of aliphatic hydroxyl groups is 1. The van der Waals surface area contributed by atoms with Crippen molar-refractivity contribution >= 4 is 0 Å². The Labute approximate surface area is 143 Å². The first-order valence-electron chi connectivity index (χ1n) is 8.35. The van der Waals surface area contributed by atoms with Crippen LogP contribution in [0.3, 0.4) is 0 Å². The number of nitrogens with zero attached hydrogens (tertiary/aromatic N) is 1. The van der Waals surface area contributed by atoms with Crippen molar-refractivity contribution in [3.8, 4) is 5.75 Å². The molecule has 1 saturated heterocycles.